The third-order valence-corrected chi connectivity index (χ3v) is 3.81. The molecular weight excluding hydrogens is 244 g/mol. The smallest absolute Gasteiger partial charge is 0.180 e. The number of nitrogens with zero attached hydrogens (tertiary/aromatic N) is 1. The molecule has 0 bridgehead atoms. The first-order valence-electron chi connectivity index (χ1n) is 6.12. The van der Waals surface area contributed by atoms with Crippen molar-refractivity contribution in [3.63, 3.8) is 0 Å². The zero-order valence-corrected chi connectivity index (χ0v) is 11.5. The van der Waals surface area contributed by atoms with Crippen LogP contribution in [-0.2, 0) is 6.61 Å². The molecule has 0 radical (unpaired) electrons. The van der Waals surface area contributed by atoms with E-state index in [0.717, 1.165) is 17.0 Å². The number of ether oxygens (including phenoxy) is 1. The van der Waals surface area contributed by atoms with Gasteiger partial charge in [-0.3, -0.25) is 0 Å². The molecule has 0 spiro atoms. The fraction of sp³-hybridized carbons (Fsp3) is 0.357. The van der Waals surface area contributed by atoms with Gasteiger partial charge in [-0.25, -0.2) is 4.98 Å². The molecule has 0 saturated heterocycles. The van der Waals surface area contributed by atoms with Gasteiger partial charge < -0.3 is 10.5 Å². The summed E-state index contributed by atoms with van der Waals surface area (Å²) in [6, 6.07) is 8.30. The molecule has 0 aliphatic heterocycles. The van der Waals surface area contributed by atoms with Gasteiger partial charge in [-0.1, -0.05) is 37.3 Å². The molecule has 0 aliphatic carbocycles. The third-order valence-electron chi connectivity index (χ3n) is 3.01. The highest BCUT2D eigenvalue weighted by molar-refractivity contribution is 7.15. The van der Waals surface area contributed by atoms with E-state index < -0.39 is 0 Å². The van der Waals surface area contributed by atoms with Gasteiger partial charge in [0.1, 0.15) is 12.4 Å². The number of anilines is 1. The largest absolute Gasteiger partial charge is 0.488 e. The Morgan fingerprint density at radius 2 is 2.06 bits per heavy atom. The van der Waals surface area contributed by atoms with Crippen LogP contribution in [0.25, 0.3) is 0 Å². The molecule has 1 atom stereocenters. The van der Waals surface area contributed by atoms with Gasteiger partial charge in [0.25, 0.3) is 0 Å². The highest BCUT2D eigenvalue weighted by Gasteiger charge is 2.04. The lowest BCUT2D eigenvalue weighted by Gasteiger charge is -2.10. The maximum Gasteiger partial charge on any atom is 0.180 e. The van der Waals surface area contributed by atoms with Crippen LogP contribution in [0.2, 0.25) is 0 Å². The van der Waals surface area contributed by atoms with Crippen molar-refractivity contribution in [3.05, 3.63) is 40.9 Å². The molecule has 96 valence electrons. The van der Waals surface area contributed by atoms with Gasteiger partial charge in [-0.05, 0) is 30.0 Å². The summed E-state index contributed by atoms with van der Waals surface area (Å²) in [6.07, 6.45) is 2.91. The summed E-state index contributed by atoms with van der Waals surface area (Å²) >= 11 is 1.46. The Hall–Kier alpha value is -1.55. The van der Waals surface area contributed by atoms with E-state index in [9.17, 15) is 0 Å². The minimum absolute atomic E-state index is 0.525. The zero-order valence-electron chi connectivity index (χ0n) is 10.7. The number of rotatable bonds is 5. The Labute approximate surface area is 112 Å². The van der Waals surface area contributed by atoms with Gasteiger partial charge >= 0.3 is 0 Å². The molecule has 1 aromatic carbocycles. The molecular formula is C14H18N2OS. The zero-order chi connectivity index (χ0) is 13.0. The van der Waals surface area contributed by atoms with Crippen molar-refractivity contribution in [3.8, 4) is 5.75 Å². The fourth-order valence-electron chi connectivity index (χ4n) is 1.67. The molecule has 1 heterocycles. The van der Waals surface area contributed by atoms with Crippen LogP contribution in [0, 0.1) is 0 Å². The van der Waals surface area contributed by atoms with E-state index in [4.69, 9.17) is 10.5 Å². The normalized spacial score (nSPS) is 12.3. The number of aromatic nitrogens is 1. The summed E-state index contributed by atoms with van der Waals surface area (Å²) in [5, 5.41) is 0.584. The molecule has 0 aliphatic rings. The predicted molar refractivity (Wildman–Crippen MR) is 76.0 cm³/mol. The summed E-state index contributed by atoms with van der Waals surface area (Å²) < 4.78 is 5.69. The van der Waals surface area contributed by atoms with Crippen molar-refractivity contribution in [2.24, 2.45) is 0 Å². The molecule has 3 nitrogen and oxygen atoms in total. The van der Waals surface area contributed by atoms with E-state index in [1.54, 1.807) is 6.20 Å². The van der Waals surface area contributed by atoms with Crippen LogP contribution in [0.5, 0.6) is 5.75 Å². The first-order valence-corrected chi connectivity index (χ1v) is 6.93. The third kappa shape index (κ3) is 3.23. The molecule has 2 rings (SSSR count). The molecule has 1 unspecified atom stereocenters. The van der Waals surface area contributed by atoms with Crippen LogP contribution in [-0.4, -0.2) is 4.98 Å². The monoisotopic (exact) mass is 262 g/mol. The Kier molecular flexibility index (Phi) is 4.20. The minimum atomic E-state index is 0.525. The standard InChI is InChI=1S/C14H18N2OS/c1-3-10(2)11-4-6-12(7-5-11)17-9-13-8-16-14(15)18-13/h4-8,10H,3,9H2,1-2H3,(H2,15,16). The second-order valence-electron chi connectivity index (χ2n) is 4.33. The average molecular weight is 262 g/mol. The van der Waals surface area contributed by atoms with Crippen molar-refractivity contribution in [1.29, 1.82) is 0 Å². The summed E-state index contributed by atoms with van der Waals surface area (Å²) in [5.74, 6) is 1.48. The van der Waals surface area contributed by atoms with Crippen LogP contribution in [0.3, 0.4) is 0 Å². The van der Waals surface area contributed by atoms with E-state index >= 15 is 0 Å². The number of nitrogens with two attached hydrogens (primary N) is 1. The summed E-state index contributed by atoms with van der Waals surface area (Å²) in [4.78, 5) is 5.03. The van der Waals surface area contributed by atoms with Gasteiger partial charge in [0.2, 0.25) is 0 Å². The van der Waals surface area contributed by atoms with Crippen LogP contribution in [0.1, 0.15) is 36.6 Å². The van der Waals surface area contributed by atoms with Crippen molar-refractivity contribution in [2.45, 2.75) is 32.8 Å². The van der Waals surface area contributed by atoms with Crippen LogP contribution >= 0.6 is 11.3 Å². The second-order valence-corrected chi connectivity index (χ2v) is 5.48. The number of hydrogen-bond acceptors (Lipinski definition) is 4. The van der Waals surface area contributed by atoms with Crippen molar-refractivity contribution in [2.75, 3.05) is 5.73 Å². The van der Waals surface area contributed by atoms with Crippen LogP contribution in [0.15, 0.2) is 30.5 Å². The van der Waals surface area contributed by atoms with E-state index in [0.29, 0.717) is 17.7 Å². The molecule has 0 fully saturated rings. The number of benzene rings is 1. The highest BCUT2D eigenvalue weighted by Crippen LogP contribution is 2.23. The first kappa shape index (κ1) is 12.9. The Morgan fingerprint density at radius 3 is 2.61 bits per heavy atom. The van der Waals surface area contributed by atoms with E-state index in [2.05, 4.69) is 31.0 Å². The average Bonchev–Trinajstić information content (AvgIpc) is 2.82. The van der Waals surface area contributed by atoms with Crippen LogP contribution in [0.4, 0.5) is 5.13 Å². The van der Waals surface area contributed by atoms with Gasteiger partial charge in [0.15, 0.2) is 5.13 Å². The maximum absolute atomic E-state index is 5.69. The summed E-state index contributed by atoms with van der Waals surface area (Å²) in [7, 11) is 0. The predicted octanol–water partition coefficient (Wildman–Crippen LogP) is 3.82. The number of hydrogen-bond donors (Lipinski definition) is 1. The fourth-order valence-corrected chi connectivity index (χ4v) is 2.27. The van der Waals surface area contributed by atoms with E-state index in [-0.39, 0.29) is 0 Å². The van der Waals surface area contributed by atoms with Gasteiger partial charge in [0.05, 0.1) is 4.88 Å². The maximum atomic E-state index is 5.69. The topological polar surface area (TPSA) is 48.1 Å². The van der Waals surface area contributed by atoms with Gasteiger partial charge in [-0.2, -0.15) is 0 Å². The molecule has 0 saturated carbocycles. The molecule has 2 aromatic rings. The SMILES string of the molecule is CCC(C)c1ccc(OCc2cnc(N)s2)cc1. The first-order chi connectivity index (χ1) is 8.69. The lowest BCUT2D eigenvalue weighted by molar-refractivity contribution is 0.309. The van der Waals surface area contributed by atoms with E-state index in [1.165, 1.54) is 16.9 Å². The number of thiazole rings is 1. The Bertz CT molecular complexity index is 493. The Balaban J connectivity index is 1.94. The molecule has 2 N–H and O–H groups in total. The van der Waals surface area contributed by atoms with E-state index in [1.807, 2.05) is 12.1 Å². The molecule has 4 heteroatoms. The van der Waals surface area contributed by atoms with Crippen molar-refractivity contribution >= 4 is 16.5 Å². The Morgan fingerprint density at radius 1 is 1.33 bits per heavy atom. The quantitative estimate of drug-likeness (QED) is 0.891. The van der Waals surface area contributed by atoms with Crippen molar-refractivity contribution in [1.82, 2.24) is 4.98 Å². The molecule has 1 aromatic heterocycles. The molecule has 18 heavy (non-hydrogen) atoms. The molecule has 0 amide bonds. The van der Waals surface area contributed by atoms with Gasteiger partial charge in [-0.15, -0.1) is 0 Å². The lowest BCUT2D eigenvalue weighted by Crippen LogP contribution is -1.94. The van der Waals surface area contributed by atoms with Crippen molar-refractivity contribution < 1.29 is 4.74 Å². The summed E-state index contributed by atoms with van der Waals surface area (Å²) in [5.41, 5.74) is 6.92. The highest BCUT2D eigenvalue weighted by atomic mass is 32.1. The second kappa shape index (κ2) is 5.87. The minimum Gasteiger partial charge on any atom is -0.488 e. The van der Waals surface area contributed by atoms with Crippen LogP contribution < -0.4 is 10.5 Å². The van der Waals surface area contributed by atoms with Gasteiger partial charge in [0, 0.05) is 6.20 Å². The number of nitrogen functional groups attached to an aromatic ring is 1. The summed E-state index contributed by atoms with van der Waals surface area (Å²) in [6.45, 7) is 4.96. The lowest BCUT2D eigenvalue weighted by atomic mass is 9.99.